The van der Waals surface area contributed by atoms with Gasteiger partial charge in [-0.05, 0) is 55.5 Å². The van der Waals surface area contributed by atoms with Gasteiger partial charge in [0.2, 0.25) is 5.60 Å². The fraction of sp³-hybridized carbons (Fsp3) is 0.296. The standard InChI is InChI=1S/C27H27F4N5O5/c1-25(33)12-34-23-17(25)10-20(36-22(23)14-3-6-16(28)7-4-14)26(39,27(29,30)31)13-35-24(38)15-5-8-18(19(9-15)40-2)41-11-21(32)37/h3-10,34,39H,11-13,33H2,1-2H3,(H2,32,37)(H,35,38)/t25-,26?/m1/s1. The van der Waals surface area contributed by atoms with Gasteiger partial charge >= 0.3 is 6.18 Å². The van der Waals surface area contributed by atoms with Crippen LogP contribution in [0.25, 0.3) is 11.3 Å². The topological polar surface area (TPSA) is 162 Å². The van der Waals surface area contributed by atoms with Gasteiger partial charge in [-0.1, -0.05) is 0 Å². The molecule has 2 amide bonds. The molecule has 0 bridgehead atoms. The lowest BCUT2D eigenvalue weighted by Gasteiger charge is -2.31. The van der Waals surface area contributed by atoms with E-state index in [1.807, 2.05) is 0 Å². The van der Waals surface area contributed by atoms with Crippen LogP contribution in [0.15, 0.2) is 48.5 Å². The minimum atomic E-state index is -5.29. The number of alkyl halides is 3. The van der Waals surface area contributed by atoms with Gasteiger partial charge in [-0.2, -0.15) is 13.2 Å². The summed E-state index contributed by atoms with van der Waals surface area (Å²) in [5, 5.41) is 16.2. The molecule has 218 valence electrons. The maximum Gasteiger partial charge on any atom is 0.424 e. The molecule has 1 unspecified atom stereocenters. The number of nitrogens with two attached hydrogens (primary N) is 2. The second-order valence-corrected chi connectivity index (χ2v) is 9.72. The first kappa shape index (κ1) is 29.6. The Morgan fingerprint density at radius 3 is 2.44 bits per heavy atom. The second kappa shape index (κ2) is 10.9. The van der Waals surface area contributed by atoms with E-state index in [0.29, 0.717) is 5.69 Å². The molecular formula is C27H27F4N5O5. The quantitative estimate of drug-likeness (QED) is 0.243. The van der Waals surface area contributed by atoms with Gasteiger partial charge in [0.1, 0.15) is 5.82 Å². The summed E-state index contributed by atoms with van der Waals surface area (Å²) in [6.07, 6.45) is -5.29. The Balaban J connectivity index is 1.70. The van der Waals surface area contributed by atoms with Gasteiger partial charge < -0.3 is 36.7 Å². The molecule has 0 spiro atoms. The van der Waals surface area contributed by atoms with E-state index >= 15 is 0 Å². The molecule has 0 saturated heterocycles. The highest BCUT2D eigenvalue weighted by molar-refractivity contribution is 5.95. The average molecular weight is 578 g/mol. The molecule has 14 heteroatoms. The molecule has 1 aliphatic heterocycles. The minimum absolute atomic E-state index is 0.0175. The molecule has 1 aromatic heterocycles. The number of carbonyl (C=O) groups is 2. The summed E-state index contributed by atoms with van der Waals surface area (Å²) in [7, 11) is 1.26. The minimum Gasteiger partial charge on any atom is -0.493 e. The van der Waals surface area contributed by atoms with E-state index in [1.54, 1.807) is 6.92 Å². The number of anilines is 1. The van der Waals surface area contributed by atoms with Crippen LogP contribution in [0.3, 0.4) is 0 Å². The first-order valence-electron chi connectivity index (χ1n) is 12.2. The fourth-order valence-corrected chi connectivity index (χ4v) is 4.29. The zero-order valence-electron chi connectivity index (χ0n) is 21.9. The third kappa shape index (κ3) is 5.88. The van der Waals surface area contributed by atoms with Crippen molar-refractivity contribution in [3.05, 3.63) is 71.2 Å². The van der Waals surface area contributed by atoms with Gasteiger partial charge in [0.15, 0.2) is 18.1 Å². The van der Waals surface area contributed by atoms with Crippen molar-refractivity contribution in [3.63, 3.8) is 0 Å². The molecule has 1 aliphatic rings. The number of pyridine rings is 1. The predicted octanol–water partition coefficient (Wildman–Crippen LogP) is 2.54. The highest BCUT2D eigenvalue weighted by atomic mass is 19.4. The first-order valence-corrected chi connectivity index (χ1v) is 12.2. The Morgan fingerprint density at radius 1 is 1.15 bits per heavy atom. The number of rotatable bonds is 9. The number of hydrogen-bond donors (Lipinski definition) is 5. The predicted molar refractivity (Wildman–Crippen MR) is 140 cm³/mol. The van der Waals surface area contributed by atoms with Crippen molar-refractivity contribution in [2.45, 2.75) is 24.2 Å². The Kier molecular flexibility index (Phi) is 7.83. The van der Waals surface area contributed by atoms with Crippen LogP contribution in [0.1, 0.15) is 28.5 Å². The number of primary amides is 1. The summed E-state index contributed by atoms with van der Waals surface area (Å²) in [6.45, 7) is -0.000985. The first-order chi connectivity index (χ1) is 19.2. The zero-order valence-corrected chi connectivity index (χ0v) is 21.9. The lowest BCUT2D eigenvalue weighted by atomic mass is 9.89. The van der Waals surface area contributed by atoms with Crippen LogP contribution in [-0.4, -0.2) is 54.9 Å². The third-order valence-electron chi connectivity index (χ3n) is 6.58. The molecular weight excluding hydrogens is 550 g/mol. The van der Waals surface area contributed by atoms with Gasteiger partial charge in [0, 0.05) is 23.2 Å². The van der Waals surface area contributed by atoms with Crippen LogP contribution < -0.4 is 31.6 Å². The number of hydrogen-bond acceptors (Lipinski definition) is 8. The normalized spacial score (nSPS) is 17.7. The van der Waals surface area contributed by atoms with E-state index in [-0.39, 0.29) is 40.4 Å². The molecule has 0 saturated carbocycles. The van der Waals surface area contributed by atoms with E-state index in [2.05, 4.69) is 15.6 Å². The maximum absolute atomic E-state index is 14.5. The lowest BCUT2D eigenvalue weighted by Crippen LogP contribution is -2.51. The fourth-order valence-electron chi connectivity index (χ4n) is 4.29. The van der Waals surface area contributed by atoms with Crippen LogP contribution >= 0.6 is 0 Å². The summed E-state index contributed by atoms with van der Waals surface area (Å²) in [4.78, 5) is 28.0. The Hall–Kier alpha value is -4.43. The SMILES string of the molecule is COc1cc(C(=O)NCC(O)(c2cc3c(c(-c4ccc(F)cc4)n2)NC[C@@]3(C)N)C(F)(F)F)ccc1OCC(N)=O. The molecule has 2 atom stereocenters. The summed E-state index contributed by atoms with van der Waals surface area (Å²) < 4.78 is 67.3. The number of ether oxygens (including phenoxy) is 2. The van der Waals surface area contributed by atoms with Crippen molar-refractivity contribution >= 4 is 17.5 Å². The van der Waals surface area contributed by atoms with Gasteiger partial charge in [-0.25, -0.2) is 9.37 Å². The highest BCUT2D eigenvalue weighted by Gasteiger charge is 2.57. The van der Waals surface area contributed by atoms with E-state index < -0.39 is 53.8 Å². The zero-order chi connectivity index (χ0) is 30.2. The number of aliphatic hydroxyl groups is 1. The number of benzene rings is 2. The molecule has 0 radical (unpaired) electrons. The molecule has 3 aromatic rings. The molecule has 0 fully saturated rings. The molecule has 10 nitrogen and oxygen atoms in total. The highest BCUT2D eigenvalue weighted by Crippen LogP contribution is 2.45. The van der Waals surface area contributed by atoms with Gasteiger partial charge in [0.05, 0.1) is 36.3 Å². The molecule has 2 aromatic carbocycles. The van der Waals surface area contributed by atoms with E-state index in [1.165, 1.54) is 37.4 Å². The summed E-state index contributed by atoms with van der Waals surface area (Å²) in [5.41, 5.74) is 6.61. The Bertz CT molecular complexity index is 1480. The molecule has 7 N–H and O–H groups in total. The van der Waals surface area contributed by atoms with Gasteiger partial charge in [-0.15, -0.1) is 0 Å². The number of amides is 2. The van der Waals surface area contributed by atoms with Crippen LogP contribution in [-0.2, 0) is 15.9 Å². The Morgan fingerprint density at radius 2 is 1.83 bits per heavy atom. The molecule has 4 rings (SSSR count). The van der Waals surface area contributed by atoms with Crippen LogP contribution in [0.4, 0.5) is 23.2 Å². The van der Waals surface area contributed by atoms with Crippen molar-refractivity contribution in [1.82, 2.24) is 10.3 Å². The lowest BCUT2D eigenvalue weighted by molar-refractivity contribution is -0.265. The van der Waals surface area contributed by atoms with Gasteiger partial charge in [-0.3, -0.25) is 9.59 Å². The van der Waals surface area contributed by atoms with Crippen molar-refractivity contribution in [2.24, 2.45) is 11.5 Å². The van der Waals surface area contributed by atoms with Crippen molar-refractivity contribution in [2.75, 3.05) is 32.1 Å². The summed E-state index contributed by atoms with van der Waals surface area (Å²) in [5.74, 6) is -2.20. The summed E-state index contributed by atoms with van der Waals surface area (Å²) >= 11 is 0. The number of carbonyl (C=O) groups excluding carboxylic acids is 2. The van der Waals surface area contributed by atoms with Crippen molar-refractivity contribution < 1.29 is 41.7 Å². The maximum atomic E-state index is 14.5. The number of methoxy groups -OCH3 is 1. The van der Waals surface area contributed by atoms with E-state index in [0.717, 1.165) is 18.2 Å². The molecule has 0 aliphatic carbocycles. The summed E-state index contributed by atoms with van der Waals surface area (Å²) in [6, 6.07) is 9.68. The van der Waals surface area contributed by atoms with Crippen LogP contribution in [0.5, 0.6) is 11.5 Å². The third-order valence-corrected chi connectivity index (χ3v) is 6.58. The largest absolute Gasteiger partial charge is 0.493 e. The molecule has 2 heterocycles. The Labute approximate surface area is 231 Å². The van der Waals surface area contributed by atoms with Crippen LogP contribution in [0, 0.1) is 5.82 Å². The number of nitrogens with one attached hydrogen (secondary N) is 2. The monoisotopic (exact) mass is 577 g/mol. The second-order valence-electron chi connectivity index (χ2n) is 9.72. The number of halogens is 4. The van der Waals surface area contributed by atoms with Crippen LogP contribution in [0.2, 0.25) is 0 Å². The van der Waals surface area contributed by atoms with Crippen molar-refractivity contribution in [3.8, 4) is 22.8 Å². The molecule has 41 heavy (non-hydrogen) atoms. The van der Waals surface area contributed by atoms with Gasteiger partial charge in [0.25, 0.3) is 11.8 Å². The van der Waals surface area contributed by atoms with E-state index in [9.17, 15) is 32.3 Å². The number of nitrogens with zero attached hydrogens (tertiary/aromatic N) is 1. The number of aromatic nitrogens is 1. The number of fused-ring (bicyclic) bond motifs is 1. The van der Waals surface area contributed by atoms with Crippen molar-refractivity contribution in [1.29, 1.82) is 0 Å². The smallest absolute Gasteiger partial charge is 0.424 e. The average Bonchev–Trinajstić information content (AvgIpc) is 3.23. The van der Waals surface area contributed by atoms with E-state index in [4.69, 9.17) is 20.9 Å².